The summed E-state index contributed by atoms with van der Waals surface area (Å²) in [5.74, 6) is 0.254. The van der Waals surface area contributed by atoms with Gasteiger partial charge in [-0.1, -0.05) is 17.7 Å². The number of carbonyl (C=O) groups is 1. The Morgan fingerprint density at radius 3 is 2.76 bits per heavy atom. The van der Waals surface area contributed by atoms with Crippen molar-refractivity contribution in [1.29, 1.82) is 0 Å². The van der Waals surface area contributed by atoms with Crippen molar-refractivity contribution < 1.29 is 22.4 Å². The zero-order valence-corrected chi connectivity index (χ0v) is 20.3. The van der Waals surface area contributed by atoms with Gasteiger partial charge in [-0.25, -0.2) is 8.42 Å². The SMILES string of the molecule is COCCN(Cc1nnc(-c2cccs2)o1)C(=O)c1ccc(Cl)c(S(=O)(=O)N2CCCC2)c1. The first-order valence-electron chi connectivity index (χ1n) is 10.3. The number of sulfonamides is 1. The van der Waals surface area contributed by atoms with Crippen LogP contribution in [-0.4, -0.2) is 67.1 Å². The molecule has 0 atom stereocenters. The van der Waals surface area contributed by atoms with Crippen molar-refractivity contribution in [1.82, 2.24) is 19.4 Å². The highest BCUT2D eigenvalue weighted by Crippen LogP contribution is 2.29. The third-order valence-corrected chi connectivity index (χ3v) is 8.48. The van der Waals surface area contributed by atoms with E-state index in [1.54, 1.807) is 0 Å². The van der Waals surface area contributed by atoms with Crippen LogP contribution in [0.15, 0.2) is 45.0 Å². The molecule has 1 saturated heterocycles. The Morgan fingerprint density at radius 1 is 1.27 bits per heavy atom. The topological polar surface area (TPSA) is 106 Å². The number of hydrogen-bond donors (Lipinski definition) is 0. The van der Waals surface area contributed by atoms with Gasteiger partial charge in [0.05, 0.1) is 23.1 Å². The lowest BCUT2D eigenvalue weighted by Gasteiger charge is -2.22. The lowest BCUT2D eigenvalue weighted by Crippen LogP contribution is -2.34. The maximum absolute atomic E-state index is 13.3. The molecule has 12 heteroatoms. The third-order valence-electron chi connectivity index (χ3n) is 5.24. The van der Waals surface area contributed by atoms with Crippen LogP contribution >= 0.6 is 22.9 Å². The Balaban J connectivity index is 1.59. The van der Waals surface area contributed by atoms with Gasteiger partial charge in [-0.05, 0) is 42.5 Å². The van der Waals surface area contributed by atoms with E-state index in [9.17, 15) is 13.2 Å². The molecule has 3 heterocycles. The summed E-state index contributed by atoms with van der Waals surface area (Å²) in [6.07, 6.45) is 1.61. The van der Waals surface area contributed by atoms with Crippen molar-refractivity contribution >= 4 is 38.9 Å². The molecule has 2 aromatic heterocycles. The van der Waals surface area contributed by atoms with Crippen molar-refractivity contribution in [3.05, 3.63) is 52.2 Å². The Bertz CT molecular complexity index is 1210. The first kappa shape index (κ1) is 23.8. The minimum atomic E-state index is -3.78. The number of amides is 1. The van der Waals surface area contributed by atoms with Crippen LogP contribution in [0.25, 0.3) is 10.8 Å². The molecule has 0 unspecified atom stereocenters. The van der Waals surface area contributed by atoms with Gasteiger partial charge in [-0.2, -0.15) is 4.31 Å². The predicted octanol–water partition coefficient (Wildman–Crippen LogP) is 3.52. The van der Waals surface area contributed by atoms with Gasteiger partial charge < -0.3 is 14.1 Å². The van der Waals surface area contributed by atoms with Crippen LogP contribution in [0, 0.1) is 0 Å². The van der Waals surface area contributed by atoms with Crippen molar-refractivity contribution in [3.8, 4) is 10.8 Å². The molecule has 1 aliphatic heterocycles. The number of rotatable bonds is 9. The Hall–Kier alpha value is -2.31. The first-order valence-corrected chi connectivity index (χ1v) is 13.0. The highest BCUT2D eigenvalue weighted by atomic mass is 35.5. The van der Waals surface area contributed by atoms with Crippen molar-refractivity contribution in [2.24, 2.45) is 0 Å². The summed E-state index contributed by atoms with van der Waals surface area (Å²) >= 11 is 7.70. The maximum Gasteiger partial charge on any atom is 0.257 e. The minimum absolute atomic E-state index is 0.0530. The molecule has 1 aliphatic rings. The quantitative estimate of drug-likeness (QED) is 0.433. The van der Waals surface area contributed by atoms with Crippen LogP contribution in [-0.2, 0) is 21.3 Å². The molecule has 33 heavy (non-hydrogen) atoms. The summed E-state index contributed by atoms with van der Waals surface area (Å²) < 4.78 is 38.3. The number of hydrogen-bond acceptors (Lipinski definition) is 8. The van der Waals surface area contributed by atoms with Gasteiger partial charge in [0.1, 0.15) is 4.90 Å². The highest BCUT2D eigenvalue weighted by molar-refractivity contribution is 7.89. The van der Waals surface area contributed by atoms with E-state index in [0.717, 1.165) is 17.7 Å². The summed E-state index contributed by atoms with van der Waals surface area (Å²) in [6.45, 7) is 1.48. The van der Waals surface area contributed by atoms with Crippen LogP contribution in [0.2, 0.25) is 5.02 Å². The summed E-state index contributed by atoms with van der Waals surface area (Å²) in [4.78, 5) is 15.6. The Morgan fingerprint density at radius 2 is 2.06 bits per heavy atom. The average molecular weight is 511 g/mol. The molecule has 0 saturated carbocycles. The maximum atomic E-state index is 13.3. The van der Waals surface area contributed by atoms with Crippen LogP contribution in [0.3, 0.4) is 0 Å². The normalized spacial score (nSPS) is 14.6. The van der Waals surface area contributed by atoms with Gasteiger partial charge in [0.15, 0.2) is 0 Å². The molecular formula is C21H23ClN4O5S2. The molecule has 0 bridgehead atoms. The number of benzene rings is 1. The number of methoxy groups -OCH3 is 1. The molecule has 0 N–H and O–H groups in total. The van der Waals surface area contributed by atoms with Crippen molar-refractivity contribution in [3.63, 3.8) is 0 Å². The largest absolute Gasteiger partial charge is 0.418 e. The molecule has 1 amide bonds. The summed E-state index contributed by atoms with van der Waals surface area (Å²) in [7, 11) is -2.25. The zero-order chi connectivity index (χ0) is 23.4. The van der Waals surface area contributed by atoms with Gasteiger partial charge >= 0.3 is 0 Å². The molecule has 3 aromatic rings. The number of ether oxygens (including phenoxy) is 1. The average Bonchev–Trinajstić information content (AvgIpc) is 3.58. The molecule has 0 aliphatic carbocycles. The number of thiophene rings is 1. The molecule has 9 nitrogen and oxygen atoms in total. The van der Waals surface area contributed by atoms with Crippen LogP contribution in [0.4, 0.5) is 0 Å². The van der Waals surface area contributed by atoms with Crippen molar-refractivity contribution in [2.45, 2.75) is 24.3 Å². The molecular weight excluding hydrogens is 488 g/mol. The fourth-order valence-electron chi connectivity index (χ4n) is 3.52. The first-order chi connectivity index (χ1) is 15.9. The van der Waals surface area contributed by atoms with E-state index >= 15 is 0 Å². The van der Waals surface area contributed by atoms with E-state index < -0.39 is 15.9 Å². The van der Waals surface area contributed by atoms with Gasteiger partial charge in [-0.15, -0.1) is 21.5 Å². The molecule has 1 fully saturated rings. The Kier molecular flexibility index (Phi) is 7.45. The lowest BCUT2D eigenvalue weighted by atomic mass is 10.2. The number of halogens is 1. The summed E-state index contributed by atoms with van der Waals surface area (Å²) in [6, 6.07) is 8.04. The van der Waals surface area contributed by atoms with E-state index in [2.05, 4.69) is 10.2 Å². The monoisotopic (exact) mass is 510 g/mol. The second-order valence-electron chi connectivity index (χ2n) is 7.45. The smallest absolute Gasteiger partial charge is 0.257 e. The molecule has 0 spiro atoms. The third kappa shape index (κ3) is 5.28. The van der Waals surface area contributed by atoms with Crippen LogP contribution in [0.1, 0.15) is 29.1 Å². The molecule has 0 radical (unpaired) electrons. The fourth-order valence-corrected chi connectivity index (χ4v) is 6.18. The van der Waals surface area contributed by atoms with Crippen LogP contribution < -0.4 is 0 Å². The van der Waals surface area contributed by atoms with Gasteiger partial charge in [-0.3, -0.25) is 4.79 Å². The van der Waals surface area contributed by atoms with Gasteiger partial charge in [0.2, 0.25) is 15.9 Å². The molecule has 1 aromatic carbocycles. The minimum Gasteiger partial charge on any atom is -0.418 e. The van der Waals surface area contributed by atoms with Gasteiger partial charge in [0.25, 0.3) is 11.8 Å². The standard InChI is InChI=1S/C21H23ClN4O5S2/c1-30-11-10-25(14-19-23-24-20(31-19)17-5-4-12-32-17)21(27)15-6-7-16(22)18(13-15)33(28,29)26-8-2-3-9-26/h4-7,12-13H,2-3,8-11,14H2,1H3. The molecule has 4 rings (SSSR count). The lowest BCUT2D eigenvalue weighted by molar-refractivity contribution is 0.0663. The predicted molar refractivity (Wildman–Crippen MR) is 124 cm³/mol. The fraction of sp³-hybridized carbons (Fsp3) is 0.381. The molecule has 176 valence electrons. The van der Waals surface area contributed by atoms with Gasteiger partial charge in [0, 0.05) is 32.3 Å². The van der Waals surface area contributed by atoms with E-state index in [-0.39, 0.29) is 41.1 Å². The highest BCUT2D eigenvalue weighted by Gasteiger charge is 2.30. The second kappa shape index (κ2) is 10.3. The summed E-state index contributed by atoms with van der Waals surface area (Å²) in [5.41, 5.74) is 0.200. The number of nitrogens with zero attached hydrogens (tertiary/aromatic N) is 4. The van der Waals surface area contributed by atoms with E-state index in [1.807, 2.05) is 17.5 Å². The number of carbonyl (C=O) groups excluding carboxylic acids is 1. The Labute approximate surface area is 201 Å². The second-order valence-corrected chi connectivity index (χ2v) is 10.7. The zero-order valence-electron chi connectivity index (χ0n) is 17.9. The summed E-state index contributed by atoms with van der Waals surface area (Å²) in [5, 5.41) is 10.1. The number of aromatic nitrogens is 2. The van der Waals surface area contributed by atoms with Crippen LogP contribution in [0.5, 0.6) is 0 Å². The van der Waals surface area contributed by atoms with E-state index in [1.165, 1.54) is 45.9 Å². The van der Waals surface area contributed by atoms with Crippen molar-refractivity contribution in [2.75, 3.05) is 33.4 Å². The van der Waals surface area contributed by atoms with E-state index in [4.69, 9.17) is 20.8 Å². The van der Waals surface area contributed by atoms with E-state index in [0.29, 0.717) is 19.0 Å².